The van der Waals surface area contributed by atoms with Gasteiger partial charge in [0, 0.05) is 42.2 Å². The van der Waals surface area contributed by atoms with Gasteiger partial charge < -0.3 is 10.0 Å². The van der Waals surface area contributed by atoms with E-state index in [0.717, 1.165) is 28.1 Å². The molecule has 0 saturated heterocycles. The van der Waals surface area contributed by atoms with Crippen LogP contribution in [0.25, 0.3) is 0 Å². The summed E-state index contributed by atoms with van der Waals surface area (Å²) in [5.41, 5.74) is 4.61. The Morgan fingerprint density at radius 2 is 1.96 bits per heavy atom. The summed E-state index contributed by atoms with van der Waals surface area (Å²) >= 11 is 6.43. The number of hydrogen-bond donors (Lipinski definition) is 2. The van der Waals surface area contributed by atoms with Gasteiger partial charge in [0.2, 0.25) is 5.91 Å². The molecular formula is C22H24ClN3O2. The molecular weight excluding hydrogens is 374 g/mol. The minimum absolute atomic E-state index is 0.00624. The Morgan fingerprint density at radius 3 is 2.61 bits per heavy atom. The molecule has 0 aliphatic rings. The highest BCUT2D eigenvalue weighted by Crippen LogP contribution is 2.34. The molecule has 146 valence electrons. The number of halogens is 1. The molecule has 0 aliphatic carbocycles. The molecule has 1 aromatic heterocycles. The summed E-state index contributed by atoms with van der Waals surface area (Å²) < 4.78 is 0. The summed E-state index contributed by atoms with van der Waals surface area (Å²) in [4.78, 5) is 14.7. The Labute approximate surface area is 170 Å². The predicted octanol–water partition coefficient (Wildman–Crippen LogP) is 4.57. The second-order valence-electron chi connectivity index (χ2n) is 7.04. The Balaban J connectivity index is 1.87. The minimum atomic E-state index is -0.248. The summed E-state index contributed by atoms with van der Waals surface area (Å²) in [5.74, 6) is -0.0874. The molecule has 6 heteroatoms. The van der Waals surface area contributed by atoms with E-state index >= 15 is 0 Å². The number of aromatic amines is 1. The summed E-state index contributed by atoms with van der Waals surface area (Å²) in [6.45, 7) is 4.37. The van der Waals surface area contributed by atoms with Gasteiger partial charge >= 0.3 is 0 Å². The number of benzene rings is 2. The van der Waals surface area contributed by atoms with E-state index in [1.807, 2.05) is 44.2 Å². The molecule has 0 spiro atoms. The zero-order valence-corrected chi connectivity index (χ0v) is 17.0. The summed E-state index contributed by atoms with van der Waals surface area (Å²) in [5, 5.41) is 17.7. The van der Waals surface area contributed by atoms with E-state index in [9.17, 15) is 9.90 Å². The lowest BCUT2D eigenvalue weighted by molar-refractivity contribution is -0.130. The van der Waals surface area contributed by atoms with Gasteiger partial charge in [-0.2, -0.15) is 5.10 Å². The van der Waals surface area contributed by atoms with Gasteiger partial charge in [-0.15, -0.1) is 0 Å². The van der Waals surface area contributed by atoms with Crippen LogP contribution in [0.3, 0.4) is 0 Å². The number of H-pyrrole nitrogens is 1. The molecule has 28 heavy (non-hydrogen) atoms. The van der Waals surface area contributed by atoms with Crippen LogP contribution >= 0.6 is 11.6 Å². The van der Waals surface area contributed by atoms with Gasteiger partial charge in [0.1, 0.15) is 5.75 Å². The number of nitrogens with zero attached hydrogens (tertiary/aromatic N) is 2. The van der Waals surface area contributed by atoms with E-state index in [-0.39, 0.29) is 24.0 Å². The van der Waals surface area contributed by atoms with Gasteiger partial charge in [0.25, 0.3) is 0 Å². The summed E-state index contributed by atoms with van der Waals surface area (Å²) in [6.07, 6.45) is 0.250. The number of aromatic hydroxyl groups is 1. The molecule has 2 aromatic carbocycles. The van der Waals surface area contributed by atoms with Crippen molar-refractivity contribution >= 4 is 17.5 Å². The van der Waals surface area contributed by atoms with Crippen molar-refractivity contribution in [3.63, 3.8) is 0 Å². The maximum Gasteiger partial charge on any atom is 0.223 e. The van der Waals surface area contributed by atoms with Crippen LogP contribution in [0.5, 0.6) is 5.75 Å². The van der Waals surface area contributed by atoms with Crippen LogP contribution in [-0.2, 0) is 11.3 Å². The highest BCUT2D eigenvalue weighted by Gasteiger charge is 2.23. The van der Waals surface area contributed by atoms with Crippen LogP contribution in [0.2, 0.25) is 5.02 Å². The molecule has 0 saturated carbocycles. The van der Waals surface area contributed by atoms with Crippen LogP contribution < -0.4 is 0 Å². The van der Waals surface area contributed by atoms with E-state index in [1.165, 1.54) is 0 Å². The average Bonchev–Trinajstić information content (AvgIpc) is 2.98. The lowest BCUT2D eigenvalue weighted by atomic mass is 9.88. The zero-order chi connectivity index (χ0) is 20.3. The third-order valence-electron chi connectivity index (χ3n) is 5.03. The lowest BCUT2D eigenvalue weighted by Crippen LogP contribution is -2.28. The minimum Gasteiger partial charge on any atom is -0.508 e. The highest BCUT2D eigenvalue weighted by atomic mass is 35.5. The molecule has 5 nitrogen and oxygen atoms in total. The smallest absolute Gasteiger partial charge is 0.223 e. The number of phenolic OH excluding ortho intramolecular Hbond substituents is 1. The van der Waals surface area contributed by atoms with Crippen LogP contribution in [0.4, 0.5) is 0 Å². The first kappa shape index (κ1) is 20.0. The third-order valence-corrected chi connectivity index (χ3v) is 5.38. The molecule has 3 aromatic rings. The number of aromatic nitrogens is 2. The first-order valence-electron chi connectivity index (χ1n) is 9.14. The zero-order valence-electron chi connectivity index (χ0n) is 16.2. The number of nitrogens with one attached hydrogen (secondary N) is 1. The fourth-order valence-corrected chi connectivity index (χ4v) is 3.64. The normalized spacial score (nSPS) is 12.0. The average molecular weight is 398 g/mol. The number of rotatable bonds is 6. The third kappa shape index (κ3) is 4.37. The van der Waals surface area contributed by atoms with Crippen LogP contribution in [0, 0.1) is 13.8 Å². The highest BCUT2D eigenvalue weighted by molar-refractivity contribution is 6.31. The van der Waals surface area contributed by atoms with Crippen molar-refractivity contribution in [3.8, 4) is 5.75 Å². The first-order chi connectivity index (χ1) is 13.4. The van der Waals surface area contributed by atoms with Crippen molar-refractivity contribution in [2.45, 2.75) is 32.7 Å². The second-order valence-corrected chi connectivity index (χ2v) is 7.44. The predicted molar refractivity (Wildman–Crippen MR) is 111 cm³/mol. The first-order valence-corrected chi connectivity index (χ1v) is 9.52. The quantitative estimate of drug-likeness (QED) is 0.640. The Hall–Kier alpha value is -2.79. The van der Waals surface area contributed by atoms with Crippen LogP contribution in [0.15, 0.2) is 48.5 Å². The molecule has 1 unspecified atom stereocenters. The standard InChI is InChI=1S/C22H24ClN3O2/c1-14-20(15(2)25-24-14)13-26(3)22(28)12-19(16-7-6-8-17(27)11-16)18-9-4-5-10-21(18)23/h4-11,19,27H,12-13H2,1-3H3,(H,24,25). The van der Waals surface area contributed by atoms with Crippen molar-refractivity contribution in [3.05, 3.63) is 81.6 Å². The van der Waals surface area contributed by atoms with Gasteiger partial charge in [-0.25, -0.2) is 0 Å². The molecule has 0 bridgehead atoms. The number of hydrogen-bond acceptors (Lipinski definition) is 3. The Kier molecular flexibility index (Phi) is 6.05. The number of carbonyl (C=O) groups excluding carboxylic acids is 1. The molecule has 1 atom stereocenters. The lowest BCUT2D eigenvalue weighted by Gasteiger charge is -2.23. The van der Waals surface area contributed by atoms with Gasteiger partial charge in [-0.3, -0.25) is 9.89 Å². The van der Waals surface area contributed by atoms with Crippen molar-refractivity contribution in [1.29, 1.82) is 0 Å². The monoisotopic (exact) mass is 397 g/mol. The van der Waals surface area contributed by atoms with Gasteiger partial charge in [-0.05, 0) is 43.2 Å². The SMILES string of the molecule is Cc1n[nH]c(C)c1CN(C)C(=O)CC(c1cccc(O)c1)c1ccccc1Cl. The summed E-state index contributed by atoms with van der Waals surface area (Å²) in [7, 11) is 1.79. The molecule has 3 rings (SSSR count). The van der Waals surface area contributed by atoms with Gasteiger partial charge in [0.15, 0.2) is 0 Å². The van der Waals surface area contributed by atoms with Gasteiger partial charge in [-0.1, -0.05) is 41.9 Å². The van der Waals surface area contributed by atoms with E-state index in [0.29, 0.717) is 11.6 Å². The molecule has 0 aliphatic heterocycles. The number of phenols is 1. The fraction of sp³-hybridized carbons (Fsp3) is 0.273. The fourth-order valence-electron chi connectivity index (χ4n) is 3.37. The van der Waals surface area contributed by atoms with Crippen molar-refractivity contribution in [2.24, 2.45) is 0 Å². The Bertz CT molecular complexity index is 964. The molecule has 1 amide bonds. The Morgan fingerprint density at radius 1 is 1.21 bits per heavy atom. The van der Waals surface area contributed by atoms with E-state index in [1.54, 1.807) is 30.1 Å². The van der Waals surface area contributed by atoms with Crippen LogP contribution in [0.1, 0.15) is 40.4 Å². The summed E-state index contributed by atoms with van der Waals surface area (Å²) in [6, 6.07) is 14.5. The largest absolute Gasteiger partial charge is 0.508 e. The van der Waals surface area contributed by atoms with E-state index in [4.69, 9.17) is 11.6 Å². The maximum absolute atomic E-state index is 13.0. The number of amides is 1. The number of carbonyl (C=O) groups is 1. The van der Waals surface area contributed by atoms with Crippen molar-refractivity contribution < 1.29 is 9.90 Å². The van der Waals surface area contributed by atoms with E-state index in [2.05, 4.69) is 10.2 Å². The molecule has 1 heterocycles. The molecule has 2 N–H and O–H groups in total. The van der Waals surface area contributed by atoms with E-state index < -0.39 is 0 Å². The van der Waals surface area contributed by atoms with Gasteiger partial charge in [0.05, 0.1) is 5.69 Å². The topological polar surface area (TPSA) is 69.2 Å². The van der Waals surface area contributed by atoms with Crippen molar-refractivity contribution in [1.82, 2.24) is 15.1 Å². The van der Waals surface area contributed by atoms with Crippen molar-refractivity contribution in [2.75, 3.05) is 7.05 Å². The second kappa shape index (κ2) is 8.48. The number of aryl methyl sites for hydroxylation is 2. The maximum atomic E-state index is 13.0. The molecule has 0 fully saturated rings. The van der Waals surface area contributed by atoms with Crippen LogP contribution in [-0.4, -0.2) is 33.2 Å². The molecule has 0 radical (unpaired) electrons.